The van der Waals surface area contributed by atoms with Crippen LogP contribution in [-0.2, 0) is 0 Å². The van der Waals surface area contributed by atoms with E-state index in [9.17, 15) is 0 Å². The van der Waals surface area contributed by atoms with E-state index in [0.29, 0.717) is 12.1 Å². The smallest absolute Gasteiger partial charge is 0.0296 e. The van der Waals surface area contributed by atoms with Crippen molar-refractivity contribution in [3.8, 4) is 0 Å². The van der Waals surface area contributed by atoms with Crippen LogP contribution in [0.3, 0.4) is 0 Å². The van der Waals surface area contributed by atoms with Gasteiger partial charge in [0.1, 0.15) is 0 Å². The largest absolute Gasteiger partial charge is 0.307 e. The van der Waals surface area contributed by atoms with Crippen LogP contribution in [0.15, 0.2) is 36.4 Å². The van der Waals surface area contributed by atoms with Crippen LogP contribution in [0.1, 0.15) is 43.9 Å². The monoisotopic (exact) mass is 255 g/mol. The molecule has 5 atom stereocenters. The van der Waals surface area contributed by atoms with Gasteiger partial charge in [-0.2, -0.15) is 0 Å². The molecule has 3 rings (SSSR count). The molecule has 0 amide bonds. The molecule has 0 saturated heterocycles. The number of benzene rings is 1. The second-order valence-corrected chi connectivity index (χ2v) is 6.48. The van der Waals surface area contributed by atoms with E-state index < -0.39 is 0 Å². The minimum absolute atomic E-state index is 0.444. The summed E-state index contributed by atoms with van der Waals surface area (Å²) in [5, 5.41) is 3.83. The first-order valence-corrected chi connectivity index (χ1v) is 7.65. The van der Waals surface area contributed by atoms with E-state index in [1.807, 2.05) is 0 Å². The molecule has 2 aliphatic rings. The molecule has 0 spiro atoms. The Kier molecular flexibility index (Phi) is 3.49. The molecule has 1 aromatic rings. The van der Waals surface area contributed by atoms with E-state index in [1.165, 1.54) is 24.0 Å². The number of fused-ring (bicyclic) bond motifs is 2. The predicted molar refractivity (Wildman–Crippen MR) is 81.0 cm³/mol. The molecular weight excluding hydrogens is 230 g/mol. The molecule has 0 heterocycles. The maximum Gasteiger partial charge on any atom is 0.0296 e. The Morgan fingerprint density at radius 2 is 1.89 bits per heavy atom. The van der Waals surface area contributed by atoms with E-state index in [2.05, 4.69) is 62.5 Å². The number of hydrogen-bond donors (Lipinski definition) is 1. The third-order valence-corrected chi connectivity index (χ3v) is 5.14. The van der Waals surface area contributed by atoms with Crippen molar-refractivity contribution in [3.63, 3.8) is 0 Å². The predicted octanol–water partition coefficient (Wildman–Crippen LogP) is 4.25. The summed E-state index contributed by atoms with van der Waals surface area (Å²) in [6.45, 7) is 6.87. The highest BCUT2D eigenvalue weighted by Gasteiger charge is 2.38. The Hall–Kier alpha value is -1.08. The van der Waals surface area contributed by atoms with Gasteiger partial charge < -0.3 is 5.32 Å². The maximum absolute atomic E-state index is 3.83. The van der Waals surface area contributed by atoms with E-state index in [-0.39, 0.29) is 0 Å². The second-order valence-electron chi connectivity index (χ2n) is 6.48. The third-order valence-electron chi connectivity index (χ3n) is 5.14. The van der Waals surface area contributed by atoms with Crippen molar-refractivity contribution in [1.82, 2.24) is 5.32 Å². The van der Waals surface area contributed by atoms with Gasteiger partial charge in [-0.25, -0.2) is 0 Å². The van der Waals surface area contributed by atoms with Gasteiger partial charge in [-0.1, -0.05) is 36.4 Å². The molecule has 1 aromatic carbocycles. The number of rotatable bonds is 4. The summed E-state index contributed by atoms with van der Waals surface area (Å²) in [4.78, 5) is 0. The van der Waals surface area contributed by atoms with Crippen LogP contribution >= 0.6 is 0 Å². The van der Waals surface area contributed by atoms with Gasteiger partial charge in [0.15, 0.2) is 0 Å². The van der Waals surface area contributed by atoms with Crippen molar-refractivity contribution in [1.29, 1.82) is 0 Å². The van der Waals surface area contributed by atoms with Crippen LogP contribution < -0.4 is 5.32 Å². The Bertz CT molecular complexity index is 476. The lowest BCUT2D eigenvalue weighted by atomic mass is 9.87. The molecule has 19 heavy (non-hydrogen) atoms. The lowest BCUT2D eigenvalue weighted by Gasteiger charge is -2.29. The highest BCUT2D eigenvalue weighted by molar-refractivity contribution is 5.28. The van der Waals surface area contributed by atoms with Gasteiger partial charge in [-0.15, -0.1) is 0 Å². The molecule has 1 heteroatoms. The fraction of sp³-hybridized carbons (Fsp3) is 0.556. The maximum atomic E-state index is 3.83. The van der Waals surface area contributed by atoms with Crippen molar-refractivity contribution in [2.45, 2.75) is 45.7 Å². The van der Waals surface area contributed by atoms with Crippen molar-refractivity contribution in [2.75, 3.05) is 0 Å². The summed E-state index contributed by atoms with van der Waals surface area (Å²) < 4.78 is 0. The first-order valence-electron chi connectivity index (χ1n) is 7.65. The molecule has 1 N–H and O–H groups in total. The van der Waals surface area contributed by atoms with Crippen LogP contribution in [0.25, 0.3) is 0 Å². The van der Waals surface area contributed by atoms with E-state index in [1.54, 1.807) is 0 Å². The lowest BCUT2D eigenvalue weighted by Crippen LogP contribution is -2.37. The average molecular weight is 255 g/mol. The molecule has 2 aliphatic carbocycles. The highest BCUT2D eigenvalue weighted by Crippen LogP contribution is 2.45. The zero-order chi connectivity index (χ0) is 13.4. The average Bonchev–Trinajstić information content (AvgIpc) is 3.01. The summed E-state index contributed by atoms with van der Waals surface area (Å²) in [5.74, 6) is 2.53. The van der Waals surface area contributed by atoms with Crippen LogP contribution in [0.5, 0.6) is 0 Å². The van der Waals surface area contributed by atoms with Gasteiger partial charge in [0.05, 0.1) is 0 Å². The SMILES string of the molecule is Cc1ccccc1[C@@H](C)NC(C)C1CC2C=CC1C2. The molecule has 102 valence electrons. The molecule has 1 fully saturated rings. The Labute approximate surface area is 117 Å². The van der Waals surface area contributed by atoms with Crippen molar-refractivity contribution in [3.05, 3.63) is 47.5 Å². The van der Waals surface area contributed by atoms with E-state index in [0.717, 1.165) is 17.8 Å². The van der Waals surface area contributed by atoms with Crippen molar-refractivity contribution in [2.24, 2.45) is 17.8 Å². The Morgan fingerprint density at radius 1 is 1.11 bits per heavy atom. The summed E-state index contributed by atoms with van der Waals surface area (Å²) in [5.41, 5.74) is 2.83. The first-order chi connectivity index (χ1) is 9.15. The minimum Gasteiger partial charge on any atom is -0.307 e. The fourth-order valence-electron chi connectivity index (χ4n) is 4.08. The summed E-state index contributed by atoms with van der Waals surface area (Å²) in [6, 6.07) is 9.77. The van der Waals surface area contributed by atoms with Crippen LogP contribution in [0.4, 0.5) is 0 Å². The molecule has 0 aliphatic heterocycles. The molecular formula is C18H25N. The van der Waals surface area contributed by atoms with Gasteiger partial charge in [-0.3, -0.25) is 0 Å². The molecule has 1 nitrogen and oxygen atoms in total. The number of nitrogens with one attached hydrogen (secondary N) is 1. The highest BCUT2D eigenvalue weighted by atomic mass is 14.9. The van der Waals surface area contributed by atoms with E-state index >= 15 is 0 Å². The minimum atomic E-state index is 0.444. The van der Waals surface area contributed by atoms with Gasteiger partial charge in [0.2, 0.25) is 0 Å². The van der Waals surface area contributed by atoms with Crippen molar-refractivity contribution >= 4 is 0 Å². The summed E-state index contributed by atoms with van der Waals surface area (Å²) in [6.07, 6.45) is 7.67. The first kappa shape index (κ1) is 12.9. The topological polar surface area (TPSA) is 12.0 Å². The quantitative estimate of drug-likeness (QED) is 0.793. The molecule has 0 radical (unpaired) electrons. The summed E-state index contributed by atoms with van der Waals surface area (Å²) >= 11 is 0. The molecule has 2 bridgehead atoms. The summed E-state index contributed by atoms with van der Waals surface area (Å²) in [7, 11) is 0. The number of hydrogen-bond acceptors (Lipinski definition) is 1. The van der Waals surface area contributed by atoms with Gasteiger partial charge in [-0.05, 0) is 62.5 Å². The normalized spacial score (nSPS) is 31.6. The number of aryl methyl sites for hydroxylation is 1. The van der Waals surface area contributed by atoms with Crippen LogP contribution in [-0.4, -0.2) is 6.04 Å². The molecule has 0 aromatic heterocycles. The Morgan fingerprint density at radius 3 is 2.53 bits per heavy atom. The van der Waals surface area contributed by atoms with E-state index in [4.69, 9.17) is 0 Å². The van der Waals surface area contributed by atoms with Gasteiger partial charge >= 0.3 is 0 Å². The standard InChI is InChI=1S/C18H25N/c1-12-6-4-5-7-17(12)13(2)19-14(3)18-11-15-8-9-16(18)10-15/h4-9,13-16,18-19H,10-11H2,1-3H3/t13-,14?,15?,16?,18?/m1/s1. The molecule has 1 saturated carbocycles. The van der Waals surface area contributed by atoms with Crippen LogP contribution in [0, 0.1) is 24.7 Å². The van der Waals surface area contributed by atoms with Crippen LogP contribution in [0.2, 0.25) is 0 Å². The zero-order valence-corrected chi connectivity index (χ0v) is 12.3. The van der Waals surface area contributed by atoms with Crippen molar-refractivity contribution < 1.29 is 0 Å². The lowest BCUT2D eigenvalue weighted by molar-refractivity contribution is 0.307. The fourth-order valence-corrected chi connectivity index (χ4v) is 4.08. The molecule has 4 unspecified atom stereocenters. The second kappa shape index (κ2) is 5.13. The Balaban J connectivity index is 1.65. The van der Waals surface area contributed by atoms with Gasteiger partial charge in [0, 0.05) is 12.1 Å². The number of allylic oxidation sites excluding steroid dienone is 2. The van der Waals surface area contributed by atoms with Gasteiger partial charge in [0.25, 0.3) is 0 Å². The third kappa shape index (κ3) is 2.49. The zero-order valence-electron chi connectivity index (χ0n) is 12.3.